The maximum absolute atomic E-state index is 14.3. The van der Waals surface area contributed by atoms with Gasteiger partial charge in [0.05, 0.1) is 63.7 Å². The van der Waals surface area contributed by atoms with E-state index in [2.05, 4.69) is 65.0 Å². The summed E-state index contributed by atoms with van der Waals surface area (Å²) in [5, 5.41) is 51.1. The van der Waals surface area contributed by atoms with E-state index < -0.39 is 31.1 Å². The lowest BCUT2D eigenvalue weighted by Crippen LogP contribution is -2.32. The summed E-state index contributed by atoms with van der Waals surface area (Å²) in [6.45, 7) is 22.5. The van der Waals surface area contributed by atoms with Crippen LogP contribution in [-0.4, -0.2) is 119 Å². The molecule has 27 heteroatoms. The highest BCUT2D eigenvalue weighted by atomic mass is 35.5. The summed E-state index contributed by atoms with van der Waals surface area (Å²) in [6.07, 6.45) is 13.0. The Morgan fingerprint density at radius 2 is 0.990 bits per heavy atom. The van der Waals surface area contributed by atoms with Crippen LogP contribution >= 0.6 is 34.8 Å². The number of anilines is 4. The zero-order valence-electron chi connectivity index (χ0n) is 54.9. The molecule has 0 saturated heterocycles. The molecule has 20 nitrogen and oxygen atoms in total. The number of halogens is 6. The Bertz CT molecular complexity index is 4120. The van der Waals surface area contributed by atoms with Crippen molar-refractivity contribution in [1.29, 1.82) is 0 Å². The lowest BCUT2D eigenvalue weighted by Gasteiger charge is -2.16. The first-order valence-corrected chi connectivity index (χ1v) is 30.8. The first-order valence-electron chi connectivity index (χ1n) is 29.7. The average molecular weight is 1470 g/mol. The van der Waals surface area contributed by atoms with Gasteiger partial charge in [-0.2, -0.15) is 0 Å². The number of amides is 1. The molecule has 0 unspecified atom stereocenters. The van der Waals surface area contributed by atoms with Crippen LogP contribution in [0.2, 0.25) is 15.2 Å². The number of aromatic nitrogens is 6. The Morgan fingerprint density at radius 1 is 0.559 bits per heavy atom. The van der Waals surface area contributed by atoms with Crippen LogP contribution in [0.15, 0.2) is 185 Å². The maximum Gasteiger partial charge on any atom is 0.491 e. The first kappa shape index (κ1) is 94.3. The zero-order chi connectivity index (χ0) is 73.2. The summed E-state index contributed by atoms with van der Waals surface area (Å²) >= 11 is 17.5. The number of nitrogens with zero attached hydrogens (tertiary/aromatic N) is 6. The second-order valence-corrected chi connectivity index (χ2v) is 22.5. The minimum Gasteiger partial charge on any atom is -0.465 e. The Hall–Kier alpha value is -9.73. The number of nitrogens with two attached hydrogens (primary N) is 3. The lowest BCUT2D eigenvalue weighted by atomic mass is 9.80. The highest BCUT2D eigenvalue weighted by molar-refractivity contribution is 6.58. The van der Waals surface area contributed by atoms with Crippen LogP contribution in [0.4, 0.5) is 35.9 Å². The molecule has 1 amide bonds. The SMILES string of the molecule is C.C.C.C.C=C(C)c1cnc(-c2ccccc2F)cc1Cl.C=C(C)c1cnc(-c2ccccc2F)cc1Nc1ccncc1C(=O)NC[C@H](C)O.C=C(C)c1cnc(Cl)cc1Cl.COC(=O)c1cnccc1N.C[C@H](O)CCC(=O)c1cnccc1N.C[C@H](O)CN.OB(O)c1ccccc1F. The number of hydrogen-bond acceptors (Lipinski definition) is 19. The third-order valence-electron chi connectivity index (χ3n) is 12.9. The van der Waals surface area contributed by atoms with Gasteiger partial charge in [-0.15, -0.1) is 0 Å². The molecule has 9 rings (SSSR count). The molecule has 0 aliphatic rings. The van der Waals surface area contributed by atoms with Gasteiger partial charge in [0.2, 0.25) is 0 Å². The number of carbonyl (C=O) groups excluding carboxylic acids is 3. The number of aliphatic hydroxyl groups is 3. The van der Waals surface area contributed by atoms with Crippen LogP contribution in [0.25, 0.3) is 39.2 Å². The smallest absolute Gasteiger partial charge is 0.465 e. The van der Waals surface area contributed by atoms with Gasteiger partial charge in [-0.1, -0.05) is 127 Å². The molecule has 0 bridgehead atoms. The van der Waals surface area contributed by atoms with Gasteiger partial charge < -0.3 is 57.9 Å². The predicted molar refractivity (Wildman–Crippen MR) is 412 cm³/mol. The standard InChI is InChI=1S/C23H23FN4O2.C14H11ClFN.C10H14N2O2.C8H7Cl2N.C7H8N2O2.C6H6BFO2.C3H9NO.4CH4/c1-14(2)17-13-26-21(16-6-4-5-7-19(16)24)10-22(17)28-20-8-9-25-12-18(20)23(30)27-11-15(3)29;1-9(2)11-8-17-14(7-12(11)15)10-5-3-4-6-13(10)16;1-7(13)2-3-10(14)8-6-12-5-4-9(8)11;1-5(2)6-4-11-8(10)3-7(6)9;1-11-7(10)5-4-9-3-2-6(5)8;8-6-4-2-1-3-5(6)7(9)10;1-3(5)2-4;;;;/h4-10,12-13,15,29H,1,11H2,2-3H3,(H,27,30)(H,25,26,28);3-8H,1H2,2H3;4-7,13H,2-3H2,1H3,(H2,11,12);3-4H,1H2,2H3;2-4H,1H3,(H2,8,9);1-4,9-10H;3,5H,2,4H2,1H3;4*1H4/t15-;;7-;;;;3-;;;;/m0.0...0..../s1. The molecular weight excluding hydrogens is 1370 g/mol. The summed E-state index contributed by atoms with van der Waals surface area (Å²) in [5.41, 5.74) is 25.6. The molecule has 0 saturated carbocycles. The number of Topliss-reactive ketones (excluding diaryl/α,β-unsaturated/α-hetero) is 1. The van der Waals surface area contributed by atoms with E-state index in [0.29, 0.717) is 96.5 Å². The summed E-state index contributed by atoms with van der Waals surface area (Å²) in [7, 11) is -0.421. The van der Waals surface area contributed by atoms with Crippen LogP contribution in [0.5, 0.6) is 0 Å². The minimum atomic E-state index is -1.72. The molecule has 0 aliphatic carbocycles. The van der Waals surface area contributed by atoms with Crippen LogP contribution in [-0.2, 0) is 4.74 Å². The highest BCUT2D eigenvalue weighted by Crippen LogP contribution is 2.33. The molecule has 0 fully saturated rings. The van der Waals surface area contributed by atoms with E-state index in [4.69, 9.17) is 72.3 Å². The summed E-state index contributed by atoms with van der Waals surface area (Å²) in [5.74, 6) is -2.18. The summed E-state index contributed by atoms with van der Waals surface area (Å²) in [6, 6.07) is 28.2. The average Bonchev–Trinajstić information content (AvgIpc) is 0.812. The zero-order valence-corrected chi connectivity index (χ0v) is 57.2. The lowest BCUT2D eigenvalue weighted by molar-refractivity contribution is 0.0601. The van der Waals surface area contributed by atoms with Crippen molar-refractivity contribution in [3.8, 4) is 22.5 Å². The van der Waals surface area contributed by atoms with Crippen molar-refractivity contribution in [2.45, 2.75) is 102 Å². The van der Waals surface area contributed by atoms with Crippen molar-refractivity contribution in [2.75, 3.05) is 37.0 Å². The number of ether oxygens (including phenoxy) is 1. The molecular formula is C75H94BCl3F3N11O9. The van der Waals surface area contributed by atoms with E-state index in [1.165, 1.54) is 68.3 Å². The van der Waals surface area contributed by atoms with E-state index in [9.17, 15) is 32.7 Å². The normalized spacial score (nSPS) is 10.5. The Balaban J connectivity index is 0. The number of aliphatic hydroxyl groups excluding tert-OH is 3. The predicted octanol–water partition coefficient (Wildman–Crippen LogP) is 15.0. The van der Waals surface area contributed by atoms with Crippen molar-refractivity contribution >= 4 is 105 Å². The monoisotopic (exact) mass is 1470 g/mol. The van der Waals surface area contributed by atoms with Gasteiger partial charge in [-0.05, 0) is 131 Å². The van der Waals surface area contributed by atoms with Crippen molar-refractivity contribution in [2.24, 2.45) is 5.73 Å². The molecule has 0 radical (unpaired) electrons. The Labute approximate surface area is 612 Å². The summed E-state index contributed by atoms with van der Waals surface area (Å²) in [4.78, 5) is 59.0. The molecule has 13 N–H and O–H groups in total. The number of methoxy groups -OCH3 is 1. The van der Waals surface area contributed by atoms with E-state index in [1.54, 1.807) is 125 Å². The fourth-order valence-electron chi connectivity index (χ4n) is 7.65. The number of hydrogen-bond donors (Lipinski definition) is 10. The van der Waals surface area contributed by atoms with Crippen molar-refractivity contribution in [3.05, 3.63) is 251 Å². The first-order chi connectivity index (χ1) is 46.4. The minimum absolute atomic E-state index is 0. The summed E-state index contributed by atoms with van der Waals surface area (Å²) < 4.78 is 44.8. The molecule has 3 atom stereocenters. The fraction of sp³-hybridized carbons (Fsp3) is 0.240. The number of benzene rings is 3. The number of nitrogen functional groups attached to an aromatic ring is 2. The molecule has 6 aromatic heterocycles. The van der Waals surface area contributed by atoms with E-state index in [0.717, 1.165) is 33.4 Å². The number of allylic oxidation sites excluding steroid dienone is 3. The second-order valence-electron chi connectivity index (χ2n) is 21.3. The number of nitrogens with one attached hydrogen (secondary N) is 2. The van der Waals surface area contributed by atoms with Crippen molar-refractivity contribution in [1.82, 2.24) is 35.2 Å². The van der Waals surface area contributed by atoms with E-state index >= 15 is 0 Å². The molecule has 102 heavy (non-hydrogen) atoms. The van der Waals surface area contributed by atoms with Gasteiger partial charge in [0.25, 0.3) is 5.91 Å². The van der Waals surface area contributed by atoms with Gasteiger partial charge in [-0.3, -0.25) is 34.5 Å². The second kappa shape index (κ2) is 48.9. The number of pyridine rings is 6. The van der Waals surface area contributed by atoms with E-state index in [1.807, 2.05) is 20.8 Å². The van der Waals surface area contributed by atoms with Crippen LogP contribution in [0, 0.1) is 17.5 Å². The van der Waals surface area contributed by atoms with Gasteiger partial charge in [0.15, 0.2) is 5.78 Å². The third kappa shape index (κ3) is 32.3. The van der Waals surface area contributed by atoms with Gasteiger partial charge >= 0.3 is 13.1 Å². The van der Waals surface area contributed by atoms with Crippen LogP contribution in [0.3, 0.4) is 0 Å². The van der Waals surface area contributed by atoms with Gasteiger partial charge in [0.1, 0.15) is 28.2 Å². The van der Waals surface area contributed by atoms with Crippen molar-refractivity contribution in [3.63, 3.8) is 0 Å². The molecule has 0 spiro atoms. The van der Waals surface area contributed by atoms with Gasteiger partial charge in [0, 0.05) is 126 Å². The highest BCUT2D eigenvalue weighted by Gasteiger charge is 2.18. The molecule has 6 heterocycles. The number of ketones is 1. The fourth-order valence-corrected chi connectivity index (χ4v) is 8.49. The molecule has 548 valence electrons. The largest absolute Gasteiger partial charge is 0.491 e. The molecule has 3 aromatic carbocycles. The van der Waals surface area contributed by atoms with Crippen molar-refractivity contribution < 1.29 is 57.7 Å². The van der Waals surface area contributed by atoms with Gasteiger partial charge in [-0.25, -0.2) is 22.9 Å². The van der Waals surface area contributed by atoms with Crippen LogP contribution < -0.4 is 33.3 Å². The van der Waals surface area contributed by atoms with E-state index in [-0.39, 0.29) is 71.1 Å². The maximum atomic E-state index is 14.3. The Morgan fingerprint density at radius 3 is 1.40 bits per heavy atom. The quantitative estimate of drug-likeness (QED) is 0.0175. The molecule has 0 aliphatic heterocycles. The number of carbonyl (C=O) groups is 3. The number of rotatable bonds is 17. The third-order valence-corrected chi connectivity index (χ3v) is 13.7. The molecule has 9 aromatic rings. The topological polar surface area (TPSA) is 341 Å². The Kier molecular flexibility index (Phi) is 45.3. The van der Waals surface area contributed by atoms with Crippen LogP contribution in [0.1, 0.15) is 132 Å². The number of esters is 1.